The molecule has 1 heterocycles. The van der Waals surface area contributed by atoms with Crippen LogP contribution in [-0.2, 0) is 16.2 Å². The molecule has 0 aliphatic carbocycles. The minimum Gasteiger partial charge on any atom is -0.276 e. The molecule has 0 radical (unpaired) electrons. The molecule has 17 heavy (non-hydrogen) atoms. The number of benzene rings is 1. The first kappa shape index (κ1) is 11.6. The van der Waals surface area contributed by atoms with Crippen molar-refractivity contribution in [2.24, 2.45) is 0 Å². The van der Waals surface area contributed by atoms with Crippen molar-refractivity contribution < 1.29 is 14.4 Å². The van der Waals surface area contributed by atoms with Gasteiger partial charge in [0.05, 0.1) is 6.04 Å². The minimum atomic E-state index is -0.496. The maximum Gasteiger partial charge on any atom is 0.348 e. The van der Waals surface area contributed by atoms with E-state index in [0.717, 1.165) is 5.56 Å². The van der Waals surface area contributed by atoms with E-state index in [1.165, 1.54) is 5.06 Å². The van der Waals surface area contributed by atoms with Gasteiger partial charge in [-0.2, -0.15) is 5.06 Å². The molecule has 1 aliphatic rings. The van der Waals surface area contributed by atoms with E-state index in [-0.39, 0.29) is 18.4 Å². The molecule has 0 spiro atoms. The van der Waals surface area contributed by atoms with Crippen molar-refractivity contribution in [2.45, 2.75) is 26.0 Å². The van der Waals surface area contributed by atoms with Crippen LogP contribution in [0.15, 0.2) is 30.3 Å². The SMILES string of the molecule is CC1CC(=O)NC(=O)N1OCc1ccccc1. The van der Waals surface area contributed by atoms with Crippen molar-refractivity contribution in [3.63, 3.8) is 0 Å². The van der Waals surface area contributed by atoms with Gasteiger partial charge in [-0.15, -0.1) is 0 Å². The predicted octanol–water partition coefficient (Wildman–Crippen LogP) is 1.45. The van der Waals surface area contributed by atoms with Gasteiger partial charge in [0.15, 0.2) is 0 Å². The maximum atomic E-state index is 11.5. The first-order valence-electron chi connectivity index (χ1n) is 5.46. The van der Waals surface area contributed by atoms with E-state index in [1.807, 2.05) is 30.3 Å². The van der Waals surface area contributed by atoms with E-state index in [9.17, 15) is 9.59 Å². The molecular weight excluding hydrogens is 220 g/mol. The summed E-state index contributed by atoms with van der Waals surface area (Å²) in [5.74, 6) is -0.262. The lowest BCUT2D eigenvalue weighted by atomic mass is 10.2. The van der Waals surface area contributed by atoms with Crippen LogP contribution in [0.25, 0.3) is 0 Å². The number of amides is 3. The first-order chi connectivity index (χ1) is 8.16. The average molecular weight is 234 g/mol. The fraction of sp³-hybridized carbons (Fsp3) is 0.333. The topological polar surface area (TPSA) is 58.6 Å². The fourth-order valence-electron chi connectivity index (χ4n) is 1.68. The summed E-state index contributed by atoms with van der Waals surface area (Å²) in [7, 11) is 0. The fourth-order valence-corrected chi connectivity index (χ4v) is 1.68. The van der Waals surface area contributed by atoms with Crippen LogP contribution in [-0.4, -0.2) is 23.0 Å². The highest BCUT2D eigenvalue weighted by Gasteiger charge is 2.30. The van der Waals surface area contributed by atoms with E-state index in [1.54, 1.807) is 6.92 Å². The third-order valence-electron chi connectivity index (χ3n) is 2.54. The summed E-state index contributed by atoms with van der Waals surface area (Å²) >= 11 is 0. The van der Waals surface area contributed by atoms with E-state index >= 15 is 0 Å². The van der Waals surface area contributed by atoms with Gasteiger partial charge in [-0.05, 0) is 12.5 Å². The second-order valence-corrected chi connectivity index (χ2v) is 3.99. The quantitative estimate of drug-likeness (QED) is 0.861. The zero-order valence-electron chi connectivity index (χ0n) is 9.55. The van der Waals surface area contributed by atoms with Gasteiger partial charge in [0.2, 0.25) is 5.91 Å². The Labute approximate surface area is 99.3 Å². The van der Waals surface area contributed by atoms with Gasteiger partial charge in [-0.3, -0.25) is 14.9 Å². The second kappa shape index (κ2) is 4.97. The van der Waals surface area contributed by atoms with E-state index in [2.05, 4.69) is 5.32 Å². The molecule has 3 amide bonds. The van der Waals surface area contributed by atoms with Crippen LogP contribution in [0.2, 0.25) is 0 Å². The summed E-state index contributed by atoms with van der Waals surface area (Å²) in [5, 5.41) is 3.44. The number of carbonyl (C=O) groups is 2. The van der Waals surface area contributed by atoms with Crippen LogP contribution < -0.4 is 5.32 Å². The molecule has 5 nitrogen and oxygen atoms in total. The largest absolute Gasteiger partial charge is 0.348 e. The van der Waals surface area contributed by atoms with Crippen molar-refractivity contribution in [3.05, 3.63) is 35.9 Å². The summed E-state index contributed by atoms with van der Waals surface area (Å²) in [5.41, 5.74) is 0.976. The predicted molar refractivity (Wildman–Crippen MR) is 60.7 cm³/mol. The Morgan fingerprint density at radius 3 is 2.71 bits per heavy atom. The number of hydrogen-bond acceptors (Lipinski definition) is 3. The second-order valence-electron chi connectivity index (χ2n) is 3.99. The number of urea groups is 1. The highest BCUT2D eigenvalue weighted by Crippen LogP contribution is 2.12. The smallest absolute Gasteiger partial charge is 0.276 e. The molecule has 0 aromatic heterocycles. The molecule has 1 saturated heterocycles. The molecule has 0 bridgehead atoms. The zero-order chi connectivity index (χ0) is 12.3. The lowest BCUT2D eigenvalue weighted by Crippen LogP contribution is -2.53. The summed E-state index contributed by atoms with van der Waals surface area (Å²) in [6.45, 7) is 2.09. The lowest BCUT2D eigenvalue weighted by Gasteiger charge is -2.31. The number of hydroxylamine groups is 2. The Morgan fingerprint density at radius 2 is 2.06 bits per heavy atom. The number of imide groups is 1. The number of carbonyl (C=O) groups excluding carboxylic acids is 2. The summed E-state index contributed by atoms with van der Waals surface area (Å²) in [4.78, 5) is 28.0. The monoisotopic (exact) mass is 234 g/mol. The normalized spacial score (nSPS) is 20.3. The molecular formula is C12H14N2O3. The molecule has 1 N–H and O–H groups in total. The van der Waals surface area contributed by atoms with Crippen LogP contribution in [0.4, 0.5) is 4.79 Å². The number of nitrogens with zero attached hydrogens (tertiary/aromatic N) is 1. The molecule has 1 aliphatic heterocycles. The number of rotatable bonds is 3. The van der Waals surface area contributed by atoms with Crippen LogP contribution in [0, 0.1) is 0 Å². The molecule has 90 valence electrons. The van der Waals surface area contributed by atoms with Crippen molar-refractivity contribution >= 4 is 11.9 Å². The van der Waals surface area contributed by atoms with E-state index in [4.69, 9.17) is 4.84 Å². The van der Waals surface area contributed by atoms with Crippen molar-refractivity contribution in [1.82, 2.24) is 10.4 Å². The van der Waals surface area contributed by atoms with Crippen LogP contribution >= 0.6 is 0 Å². The molecule has 5 heteroatoms. The van der Waals surface area contributed by atoms with Gasteiger partial charge in [0.25, 0.3) is 0 Å². The molecule has 1 aromatic carbocycles. The van der Waals surface area contributed by atoms with Crippen molar-refractivity contribution in [2.75, 3.05) is 0 Å². The highest BCUT2D eigenvalue weighted by molar-refractivity contribution is 5.96. The van der Waals surface area contributed by atoms with Gasteiger partial charge in [-0.25, -0.2) is 4.79 Å². The van der Waals surface area contributed by atoms with E-state index < -0.39 is 6.03 Å². The summed E-state index contributed by atoms with van der Waals surface area (Å²) < 4.78 is 0. The third-order valence-corrected chi connectivity index (χ3v) is 2.54. The Balaban J connectivity index is 1.94. The number of nitrogens with one attached hydrogen (secondary N) is 1. The third kappa shape index (κ3) is 2.82. The molecule has 1 aromatic rings. The van der Waals surface area contributed by atoms with Gasteiger partial charge in [0, 0.05) is 6.42 Å². The van der Waals surface area contributed by atoms with Gasteiger partial charge >= 0.3 is 6.03 Å². The van der Waals surface area contributed by atoms with Crippen LogP contribution in [0.1, 0.15) is 18.9 Å². The Hall–Kier alpha value is -1.88. The number of hydrogen-bond donors (Lipinski definition) is 1. The summed E-state index contributed by atoms with van der Waals surface area (Å²) in [6.07, 6.45) is 0.264. The summed E-state index contributed by atoms with van der Waals surface area (Å²) in [6, 6.07) is 8.82. The zero-order valence-corrected chi connectivity index (χ0v) is 9.55. The van der Waals surface area contributed by atoms with Gasteiger partial charge < -0.3 is 0 Å². The molecule has 1 atom stereocenters. The van der Waals surface area contributed by atoms with E-state index in [0.29, 0.717) is 6.61 Å². The van der Waals surface area contributed by atoms with Crippen LogP contribution in [0.5, 0.6) is 0 Å². The van der Waals surface area contributed by atoms with Gasteiger partial charge in [-0.1, -0.05) is 30.3 Å². The standard InChI is InChI=1S/C12H14N2O3/c1-9-7-11(15)13-12(16)14(9)17-8-10-5-3-2-4-6-10/h2-6,9H,7-8H2,1H3,(H,13,15,16). The Morgan fingerprint density at radius 1 is 1.35 bits per heavy atom. The molecule has 1 fully saturated rings. The Bertz CT molecular complexity index is 419. The molecule has 0 saturated carbocycles. The lowest BCUT2D eigenvalue weighted by molar-refractivity contribution is -0.165. The maximum absolute atomic E-state index is 11.5. The highest BCUT2D eigenvalue weighted by atomic mass is 16.7. The molecule has 1 unspecified atom stereocenters. The first-order valence-corrected chi connectivity index (χ1v) is 5.46. The Kier molecular flexibility index (Phi) is 3.39. The minimum absolute atomic E-state index is 0.236. The van der Waals surface area contributed by atoms with Crippen LogP contribution in [0.3, 0.4) is 0 Å². The van der Waals surface area contributed by atoms with Crippen molar-refractivity contribution in [3.8, 4) is 0 Å². The van der Waals surface area contributed by atoms with Crippen molar-refractivity contribution in [1.29, 1.82) is 0 Å². The average Bonchev–Trinajstić information content (AvgIpc) is 2.29. The molecule has 2 rings (SSSR count). The van der Waals surface area contributed by atoms with Gasteiger partial charge in [0.1, 0.15) is 6.61 Å².